The van der Waals surface area contributed by atoms with E-state index in [4.69, 9.17) is 39.5 Å². The van der Waals surface area contributed by atoms with Crippen LogP contribution < -0.4 is 0 Å². The fourth-order valence-corrected chi connectivity index (χ4v) is 4.76. The number of carbonyl (C=O) groups excluding carboxylic acids is 2. The number of carbonyl (C=O) groups is 2. The zero-order valence-electron chi connectivity index (χ0n) is 11.9. The molecule has 0 aliphatic carbocycles. The summed E-state index contributed by atoms with van der Waals surface area (Å²) in [4.78, 5) is 26.0. The number of nitrogens with zero attached hydrogens (tertiary/aromatic N) is 1. The molecule has 0 N–H and O–H groups in total. The van der Waals surface area contributed by atoms with Gasteiger partial charge in [-0.2, -0.15) is 0 Å². The Hall–Kier alpha value is -1.01. The predicted octanol–water partition coefficient (Wildman–Crippen LogP) is 4.64. The van der Waals surface area contributed by atoms with Crippen molar-refractivity contribution in [2.45, 2.75) is 12.8 Å². The number of benzene rings is 1. The molecule has 3 rings (SSSR count). The molecule has 2 aromatic rings. The molecule has 122 valence electrons. The molecule has 1 aromatic heterocycles. The van der Waals surface area contributed by atoms with Gasteiger partial charge in [0.2, 0.25) is 0 Å². The minimum absolute atomic E-state index is 0.186. The molecule has 0 saturated carbocycles. The maximum Gasteiger partial charge on any atom is 0.350 e. The highest BCUT2D eigenvalue weighted by Crippen LogP contribution is 2.41. The lowest BCUT2D eigenvalue weighted by molar-refractivity contribution is -0.133. The van der Waals surface area contributed by atoms with Gasteiger partial charge in [-0.1, -0.05) is 34.8 Å². The molecule has 1 aliphatic rings. The van der Waals surface area contributed by atoms with Gasteiger partial charge in [0, 0.05) is 28.2 Å². The Balaban J connectivity index is 1.77. The van der Waals surface area contributed by atoms with Crippen molar-refractivity contribution in [3.05, 3.63) is 32.1 Å². The summed E-state index contributed by atoms with van der Waals surface area (Å²) >= 11 is 19.5. The average Bonchev–Trinajstić information content (AvgIpc) is 3.12. The van der Waals surface area contributed by atoms with E-state index in [-0.39, 0.29) is 22.4 Å². The number of thiophene rings is 1. The van der Waals surface area contributed by atoms with E-state index < -0.39 is 5.97 Å². The summed E-state index contributed by atoms with van der Waals surface area (Å²) < 4.78 is 5.80. The van der Waals surface area contributed by atoms with Crippen LogP contribution in [0.1, 0.15) is 22.5 Å². The third-order valence-corrected chi connectivity index (χ3v) is 5.74. The Labute approximate surface area is 151 Å². The van der Waals surface area contributed by atoms with E-state index >= 15 is 0 Å². The molecular formula is C15H12Cl3NO3S. The minimum Gasteiger partial charge on any atom is -0.451 e. The van der Waals surface area contributed by atoms with Gasteiger partial charge in [-0.05, 0) is 25.0 Å². The normalized spacial score (nSPS) is 14.5. The second-order valence-electron chi connectivity index (χ2n) is 5.17. The third kappa shape index (κ3) is 3.43. The first-order valence-electron chi connectivity index (χ1n) is 6.99. The van der Waals surface area contributed by atoms with E-state index in [2.05, 4.69) is 0 Å². The summed E-state index contributed by atoms with van der Waals surface area (Å²) in [5, 5.41) is 1.64. The Bertz CT molecular complexity index is 784. The van der Waals surface area contributed by atoms with Crippen molar-refractivity contribution in [1.29, 1.82) is 0 Å². The van der Waals surface area contributed by atoms with Gasteiger partial charge in [0.05, 0.1) is 10.0 Å². The van der Waals surface area contributed by atoms with Gasteiger partial charge in [0.25, 0.3) is 5.91 Å². The fraction of sp³-hybridized carbons (Fsp3) is 0.333. The van der Waals surface area contributed by atoms with Crippen LogP contribution in [0, 0.1) is 0 Å². The lowest BCUT2D eigenvalue weighted by atomic mass is 10.2. The SMILES string of the molecule is O=C(OCC(=O)N1CCCC1)c1sc2cc(Cl)cc(Cl)c2c1Cl. The number of ether oxygens (including phenoxy) is 1. The summed E-state index contributed by atoms with van der Waals surface area (Å²) in [7, 11) is 0. The summed E-state index contributed by atoms with van der Waals surface area (Å²) in [5.41, 5.74) is 0. The van der Waals surface area contributed by atoms with Crippen LogP contribution >= 0.6 is 46.1 Å². The molecule has 4 nitrogen and oxygen atoms in total. The highest BCUT2D eigenvalue weighted by molar-refractivity contribution is 7.21. The third-order valence-electron chi connectivity index (χ3n) is 3.62. The second-order valence-corrected chi connectivity index (χ2v) is 7.44. The van der Waals surface area contributed by atoms with Crippen molar-refractivity contribution in [3.8, 4) is 0 Å². The van der Waals surface area contributed by atoms with Gasteiger partial charge in [-0.3, -0.25) is 4.79 Å². The molecule has 1 saturated heterocycles. The first-order valence-corrected chi connectivity index (χ1v) is 8.94. The van der Waals surface area contributed by atoms with Crippen molar-refractivity contribution in [2.24, 2.45) is 0 Å². The van der Waals surface area contributed by atoms with Gasteiger partial charge in [0.1, 0.15) is 4.88 Å². The van der Waals surface area contributed by atoms with E-state index in [9.17, 15) is 9.59 Å². The van der Waals surface area contributed by atoms with E-state index in [1.54, 1.807) is 17.0 Å². The number of amides is 1. The lowest BCUT2D eigenvalue weighted by Crippen LogP contribution is -2.31. The molecule has 1 amide bonds. The van der Waals surface area contributed by atoms with E-state index in [1.165, 1.54) is 0 Å². The smallest absolute Gasteiger partial charge is 0.350 e. The Morgan fingerprint density at radius 2 is 1.87 bits per heavy atom. The minimum atomic E-state index is -0.629. The summed E-state index contributed by atoms with van der Waals surface area (Å²) in [5.74, 6) is -0.815. The van der Waals surface area contributed by atoms with Crippen LogP contribution in [0.25, 0.3) is 10.1 Å². The number of hydrogen-bond donors (Lipinski definition) is 0. The molecule has 1 fully saturated rings. The number of hydrogen-bond acceptors (Lipinski definition) is 4. The van der Waals surface area contributed by atoms with Crippen LogP contribution in [0.2, 0.25) is 15.1 Å². The molecule has 1 aliphatic heterocycles. The topological polar surface area (TPSA) is 46.6 Å². The first-order chi connectivity index (χ1) is 11.0. The van der Waals surface area contributed by atoms with Gasteiger partial charge in [-0.15, -0.1) is 11.3 Å². The number of halogens is 3. The molecule has 0 bridgehead atoms. The Kier molecular flexibility index (Phi) is 5.01. The van der Waals surface area contributed by atoms with Crippen molar-refractivity contribution in [1.82, 2.24) is 4.90 Å². The van der Waals surface area contributed by atoms with Crippen molar-refractivity contribution >= 4 is 68.1 Å². The highest BCUT2D eigenvalue weighted by Gasteiger charge is 2.23. The highest BCUT2D eigenvalue weighted by atomic mass is 35.5. The predicted molar refractivity (Wildman–Crippen MR) is 93.0 cm³/mol. The fourth-order valence-electron chi connectivity index (χ4n) is 2.49. The zero-order chi connectivity index (χ0) is 16.6. The summed E-state index contributed by atoms with van der Waals surface area (Å²) in [6.45, 7) is 1.15. The molecule has 1 aromatic carbocycles. The van der Waals surface area contributed by atoms with Gasteiger partial charge >= 0.3 is 5.97 Å². The standard InChI is InChI=1S/C15H12Cl3NO3S/c16-8-5-9(17)12-10(6-8)23-14(13(12)18)15(21)22-7-11(20)19-3-1-2-4-19/h5-6H,1-4,7H2. The number of esters is 1. The largest absolute Gasteiger partial charge is 0.451 e. The lowest BCUT2D eigenvalue weighted by Gasteiger charge is -2.14. The molecule has 2 heterocycles. The second kappa shape index (κ2) is 6.85. The molecule has 0 radical (unpaired) electrons. The van der Waals surface area contributed by atoms with E-state index in [0.29, 0.717) is 33.2 Å². The average molecular weight is 393 g/mol. The number of likely N-dealkylation sites (tertiary alicyclic amines) is 1. The van der Waals surface area contributed by atoms with Gasteiger partial charge in [0.15, 0.2) is 6.61 Å². The van der Waals surface area contributed by atoms with E-state index in [1.807, 2.05) is 0 Å². The Morgan fingerprint density at radius 3 is 2.57 bits per heavy atom. The quantitative estimate of drug-likeness (QED) is 0.715. The molecule has 0 atom stereocenters. The van der Waals surface area contributed by atoms with Crippen molar-refractivity contribution < 1.29 is 14.3 Å². The molecule has 8 heteroatoms. The van der Waals surface area contributed by atoms with Crippen molar-refractivity contribution in [3.63, 3.8) is 0 Å². The van der Waals surface area contributed by atoms with Gasteiger partial charge < -0.3 is 9.64 Å². The molecular weight excluding hydrogens is 381 g/mol. The number of fused-ring (bicyclic) bond motifs is 1. The molecule has 23 heavy (non-hydrogen) atoms. The Morgan fingerprint density at radius 1 is 1.17 bits per heavy atom. The van der Waals surface area contributed by atoms with Crippen LogP contribution in [0.4, 0.5) is 0 Å². The van der Waals surface area contributed by atoms with Crippen LogP contribution in [0.3, 0.4) is 0 Å². The zero-order valence-corrected chi connectivity index (χ0v) is 15.0. The molecule has 0 unspecified atom stereocenters. The maximum absolute atomic E-state index is 12.2. The van der Waals surface area contributed by atoms with Crippen molar-refractivity contribution in [2.75, 3.05) is 19.7 Å². The van der Waals surface area contributed by atoms with Crippen LogP contribution in [0.15, 0.2) is 12.1 Å². The maximum atomic E-state index is 12.2. The summed E-state index contributed by atoms with van der Waals surface area (Å²) in [6.07, 6.45) is 1.97. The first kappa shape index (κ1) is 16.8. The van der Waals surface area contributed by atoms with Gasteiger partial charge in [-0.25, -0.2) is 4.79 Å². The number of rotatable bonds is 3. The van der Waals surface area contributed by atoms with Crippen LogP contribution in [-0.4, -0.2) is 36.5 Å². The summed E-state index contributed by atoms with van der Waals surface area (Å²) in [6, 6.07) is 3.25. The van der Waals surface area contributed by atoms with Crippen LogP contribution in [0.5, 0.6) is 0 Å². The molecule has 0 spiro atoms. The van der Waals surface area contributed by atoms with E-state index in [0.717, 1.165) is 24.2 Å². The van der Waals surface area contributed by atoms with Crippen LogP contribution in [-0.2, 0) is 9.53 Å². The monoisotopic (exact) mass is 391 g/mol.